The van der Waals surface area contributed by atoms with E-state index in [1.807, 2.05) is 24.3 Å². The molecule has 14 heteroatoms. The van der Waals surface area contributed by atoms with Crippen molar-refractivity contribution in [2.24, 2.45) is 22.7 Å². The van der Waals surface area contributed by atoms with Gasteiger partial charge in [0.1, 0.15) is 62.0 Å². The highest BCUT2D eigenvalue weighted by atomic mass is 16.7. The monoisotopic (exact) mass is 1310 g/mol. The molecule has 12 unspecified atom stereocenters. The molecule has 2 aliphatic carbocycles. The Morgan fingerprint density at radius 1 is 0.447 bits per heavy atom. The van der Waals surface area contributed by atoms with E-state index >= 15 is 0 Å². The number of esters is 2. The molecule has 14 nitrogen and oxygen atoms in total. The Bertz CT molecular complexity index is 2620. The molecule has 0 spiro atoms. The molecule has 532 valence electrons. The molecule has 0 bridgehead atoms. The van der Waals surface area contributed by atoms with Gasteiger partial charge in [-0.15, -0.1) is 0 Å². The fourth-order valence-corrected chi connectivity index (χ4v) is 13.2. The number of ether oxygens (including phenoxy) is 6. The molecule has 2 heterocycles. The summed E-state index contributed by atoms with van der Waals surface area (Å²) in [7, 11) is 0. The minimum atomic E-state index is -1.52. The molecule has 0 saturated carbocycles. The number of aliphatic hydroxyl groups is 6. The summed E-state index contributed by atoms with van der Waals surface area (Å²) in [5.74, 6) is 0.788. The van der Waals surface area contributed by atoms with E-state index in [1.54, 1.807) is 0 Å². The summed E-state index contributed by atoms with van der Waals surface area (Å²) >= 11 is 0. The van der Waals surface area contributed by atoms with E-state index in [1.165, 1.54) is 88.2 Å². The fraction of sp³-hybridized carbons (Fsp3) is 0.700. The number of rotatable bonds is 40. The van der Waals surface area contributed by atoms with E-state index in [9.17, 15) is 40.2 Å². The minimum absolute atomic E-state index is 0.237. The zero-order valence-electron chi connectivity index (χ0n) is 60.5. The molecule has 94 heavy (non-hydrogen) atoms. The fourth-order valence-electron chi connectivity index (χ4n) is 13.2. The molecular weight excluding hydrogens is 1180 g/mol. The van der Waals surface area contributed by atoms with Crippen LogP contribution in [0.3, 0.4) is 0 Å². The standard InChI is InChI=1S/C80H128O14/c1-55(2)35-27-23-19-16-15-17-21-25-29-43-69(81)89-53-67-71(83)73(85)75(87)77(93-67)91-63-49-61(9)65(79(11,12)51-63)47-45-59(7)41-33-39-57(5)37-31-32-38-58(6)40-34-42-60(8)46-48-66-62(10)50-64(52-80(66,13)14)92-78-76(88)74(86)72(84)68(94-78)54-90-70(82)44-30-26-22-18-20-24-28-36-56(3)4/h31-34,37-42,45-48,55-56,63-64,67-68,71-78,83-88H,15-30,35-36,43-44,49-54H2,1-14H3. The molecule has 2 aliphatic heterocycles. The van der Waals surface area contributed by atoms with Crippen LogP contribution in [0, 0.1) is 22.7 Å². The van der Waals surface area contributed by atoms with Crippen molar-refractivity contribution in [1.29, 1.82) is 0 Å². The SMILES string of the molecule is CC(C=CC=C(C)C=CC1=C(C)CC(OC2OC(COC(=O)CCCCCCCCCCCC(C)C)C(O)C(O)C2O)CC1(C)C)=CC=CC=C(C)C=CC=C(C)C=CC1=C(C)CC(OC2OC(COC(=O)CCCCCCCCCC(C)C)C(O)C(O)C2O)CC1(C)C. The van der Waals surface area contributed by atoms with Gasteiger partial charge in [0.05, 0.1) is 12.2 Å². The molecule has 4 aliphatic rings. The zero-order chi connectivity index (χ0) is 69.4. The third-order valence-electron chi connectivity index (χ3n) is 18.8. The number of hydrogen-bond acceptors (Lipinski definition) is 14. The average Bonchev–Trinajstić information content (AvgIpc) is 0.812. The lowest BCUT2D eigenvalue weighted by molar-refractivity contribution is -0.313. The second-order valence-electron chi connectivity index (χ2n) is 29.8. The molecule has 12 atom stereocenters. The van der Waals surface area contributed by atoms with Crippen LogP contribution >= 0.6 is 0 Å². The van der Waals surface area contributed by atoms with Crippen LogP contribution in [0.25, 0.3) is 0 Å². The van der Waals surface area contributed by atoms with Gasteiger partial charge in [-0.3, -0.25) is 9.59 Å². The molecule has 6 N–H and O–H groups in total. The Hall–Kier alpha value is -4.32. The van der Waals surface area contributed by atoms with E-state index in [4.69, 9.17) is 28.4 Å². The summed E-state index contributed by atoms with van der Waals surface area (Å²) in [5, 5.41) is 64.9. The quantitative estimate of drug-likeness (QED) is 0.0192. The van der Waals surface area contributed by atoms with Gasteiger partial charge in [-0.2, -0.15) is 0 Å². The van der Waals surface area contributed by atoms with Gasteiger partial charge in [-0.1, -0.05) is 277 Å². The molecule has 0 aromatic carbocycles. The third kappa shape index (κ3) is 30.6. The Morgan fingerprint density at radius 3 is 1.09 bits per heavy atom. The first kappa shape index (κ1) is 82.1. The predicted molar refractivity (Wildman–Crippen MR) is 379 cm³/mol. The van der Waals surface area contributed by atoms with Crippen LogP contribution in [0.2, 0.25) is 0 Å². The van der Waals surface area contributed by atoms with E-state index in [0.29, 0.717) is 25.7 Å². The first-order valence-electron chi connectivity index (χ1n) is 36.1. The molecule has 0 radical (unpaired) electrons. The molecule has 0 amide bonds. The van der Waals surface area contributed by atoms with E-state index in [-0.39, 0.29) is 61.0 Å². The largest absolute Gasteiger partial charge is 0.463 e. The van der Waals surface area contributed by atoms with Crippen molar-refractivity contribution in [1.82, 2.24) is 0 Å². The summed E-state index contributed by atoms with van der Waals surface area (Å²) in [4.78, 5) is 25.2. The summed E-state index contributed by atoms with van der Waals surface area (Å²) in [5.41, 5.74) is 8.58. The van der Waals surface area contributed by atoms with Crippen molar-refractivity contribution in [3.63, 3.8) is 0 Å². The Kier molecular flexibility index (Phi) is 37.7. The molecule has 2 fully saturated rings. The third-order valence-corrected chi connectivity index (χ3v) is 18.8. The smallest absolute Gasteiger partial charge is 0.305 e. The zero-order valence-corrected chi connectivity index (χ0v) is 60.5. The van der Waals surface area contributed by atoms with Gasteiger partial charge in [-0.05, 0) is 114 Å². The summed E-state index contributed by atoms with van der Waals surface area (Å²) in [6.07, 6.45) is 39.0. The van der Waals surface area contributed by atoms with Gasteiger partial charge in [-0.25, -0.2) is 0 Å². The van der Waals surface area contributed by atoms with Crippen molar-refractivity contribution in [2.75, 3.05) is 13.2 Å². The van der Waals surface area contributed by atoms with E-state index < -0.39 is 61.4 Å². The van der Waals surface area contributed by atoms with Crippen LogP contribution in [0.4, 0.5) is 0 Å². The normalized spacial score (nSPS) is 27.7. The maximum atomic E-state index is 12.6. The van der Waals surface area contributed by atoms with E-state index in [0.717, 1.165) is 83.8 Å². The number of unbranched alkanes of at least 4 members (excludes halogenated alkanes) is 14. The molecule has 0 aromatic rings. The van der Waals surface area contributed by atoms with Crippen LogP contribution in [0.15, 0.2) is 130 Å². The lowest BCUT2D eigenvalue weighted by Crippen LogP contribution is -2.60. The Balaban J connectivity index is 1.18. The van der Waals surface area contributed by atoms with Crippen LogP contribution < -0.4 is 0 Å². The van der Waals surface area contributed by atoms with Crippen LogP contribution in [-0.2, 0) is 38.0 Å². The van der Waals surface area contributed by atoms with Gasteiger partial charge >= 0.3 is 11.9 Å². The Labute approximate surface area is 568 Å². The highest BCUT2D eigenvalue weighted by molar-refractivity contribution is 5.69. The molecule has 2 saturated heterocycles. The first-order valence-corrected chi connectivity index (χ1v) is 36.1. The summed E-state index contributed by atoms with van der Waals surface area (Å²) in [6.45, 7) is 29.7. The minimum Gasteiger partial charge on any atom is -0.463 e. The Morgan fingerprint density at radius 2 is 0.755 bits per heavy atom. The van der Waals surface area contributed by atoms with Gasteiger partial charge in [0.25, 0.3) is 0 Å². The number of aliphatic hydroxyl groups excluding tert-OH is 6. The number of carbonyl (C=O) groups is 2. The second-order valence-corrected chi connectivity index (χ2v) is 29.8. The van der Waals surface area contributed by atoms with Crippen LogP contribution in [0.5, 0.6) is 0 Å². The predicted octanol–water partition coefficient (Wildman–Crippen LogP) is 16.4. The van der Waals surface area contributed by atoms with Crippen LogP contribution in [-0.4, -0.2) is 129 Å². The summed E-state index contributed by atoms with van der Waals surface area (Å²) in [6, 6.07) is 0. The molecule has 0 aromatic heterocycles. The van der Waals surface area contributed by atoms with Crippen LogP contribution in [0.1, 0.15) is 251 Å². The van der Waals surface area contributed by atoms with Crippen molar-refractivity contribution < 1.29 is 68.6 Å². The van der Waals surface area contributed by atoms with Gasteiger partial charge in [0.15, 0.2) is 12.6 Å². The highest BCUT2D eigenvalue weighted by Crippen LogP contribution is 2.45. The summed E-state index contributed by atoms with van der Waals surface area (Å²) < 4.78 is 35.6. The lowest BCUT2D eigenvalue weighted by atomic mass is 9.71. The molecule has 4 rings (SSSR count). The van der Waals surface area contributed by atoms with Crippen molar-refractivity contribution in [3.8, 4) is 0 Å². The average molecular weight is 1310 g/mol. The maximum absolute atomic E-state index is 12.6. The second kappa shape index (κ2) is 43.2. The lowest BCUT2D eigenvalue weighted by Gasteiger charge is -2.43. The highest BCUT2D eigenvalue weighted by Gasteiger charge is 2.48. The van der Waals surface area contributed by atoms with Gasteiger partial charge in [0.2, 0.25) is 0 Å². The topological polar surface area (TPSA) is 211 Å². The number of allylic oxidation sites excluding steroid dienone is 20. The number of hydrogen-bond donors (Lipinski definition) is 6. The van der Waals surface area contributed by atoms with Crippen molar-refractivity contribution >= 4 is 11.9 Å². The first-order chi connectivity index (χ1) is 44.6. The van der Waals surface area contributed by atoms with Gasteiger partial charge < -0.3 is 59.1 Å². The van der Waals surface area contributed by atoms with Gasteiger partial charge in [0, 0.05) is 12.8 Å². The van der Waals surface area contributed by atoms with Crippen molar-refractivity contribution in [2.45, 2.75) is 325 Å². The molecular formula is C80H128O14. The maximum Gasteiger partial charge on any atom is 0.305 e. The number of carbonyl (C=O) groups excluding carboxylic acids is 2. The van der Waals surface area contributed by atoms with E-state index in [2.05, 4.69) is 158 Å². The van der Waals surface area contributed by atoms with Crippen molar-refractivity contribution in [3.05, 3.63) is 130 Å².